The predicted octanol–water partition coefficient (Wildman–Crippen LogP) is 9.07. The average Bonchev–Trinajstić information content (AvgIpc) is 3.59. The zero-order chi connectivity index (χ0) is 27.7. The second-order valence-corrected chi connectivity index (χ2v) is 11.1. The molecule has 1 aliphatic carbocycles. The van der Waals surface area contributed by atoms with Crippen molar-refractivity contribution in [1.82, 2.24) is 14.4 Å². The van der Waals surface area contributed by atoms with E-state index in [9.17, 15) is 0 Å². The van der Waals surface area contributed by atoms with E-state index in [4.69, 9.17) is 9.97 Å². The van der Waals surface area contributed by atoms with Crippen LogP contribution >= 0.6 is 0 Å². The van der Waals surface area contributed by atoms with Gasteiger partial charge in [0.1, 0.15) is 5.65 Å². The molecule has 0 bridgehead atoms. The maximum Gasteiger partial charge on any atom is 0.178 e. The highest BCUT2D eigenvalue weighted by atomic mass is 15.0. The smallest absolute Gasteiger partial charge is 0.178 e. The Kier molecular flexibility index (Phi) is 4.82. The highest BCUT2D eigenvalue weighted by Crippen LogP contribution is 2.56. The van der Waals surface area contributed by atoms with Crippen LogP contribution in [0.3, 0.4) is 0 Å². The maximum absolute atomic E-state index is 4.86. The first-order valence-electron chi connectivity index (χ1n) is 14.3. The second-order valence-electron chi connectivity index (χ2n) is 11.1. The van der Waals surface area contributed by atoms with Gasteiger partial charge in [-0.25, -0.2) is 9.97 Å². The summed E-state index contributed by atoms with van der Waals surface area (Å²) in [4.78, 5) is 9.69. The Morgan fingerprint density at radius 2 is 1.19 bits per heavy atom. The highest BCUT2D eigenvalue weighted by molar-refractivity contribution is 5.92. The Bertz CT molecular complexity index is 2260. The van der Waals surface area contributed by atoms with Crippen LogP contribution in [0.2, 0.25) is 0 Å². The molecule has 3 heterocycles. The molecule has 1 aliphatic rings. The van der Waals surface area contributed by atoms with Gasteiger partial charge in [0.2, 0.25) is 0 Å². The van der Waals surface area contributed by atoms with Gasteiger partial charge in [-0.3, -0.25) is 4.40 Å². The van der Waals surface area contributed by atoms with Crippen molar-refractivity contribution in [3.8, 4) is 22.3 Å². The van der Waals surface area contributed by atoms with Crippen molar-refractivity contribution in [2.45, 2.75) is 5.41 Å². The normalized spacial score (nSPS) is 13.4. The summed E-state index contributed by atoms with van der Waals surface area (Å²) in [5, 5.41) is 1.18. The van der Waals surface area contributed by atoms with Crippen LogP contribution in [-0.2, 0) is 5.41 Å². The van der Waals surface area contributed by atoms with Gasteiger partial charge in [0, 0.05) is 11.8 Å². The predicted molar refractivity (Wildman–Crippen MR) is 171 cm³/mol. The number of hydrogen-bond donors (Lipinski definition) is 0. The molecule has 5 aromatic carbocycles. The first-order chi connectivity index (χ1) is 20.8. The molecule has 0 atom stereocenters. The molecule has 0 unspecified atom stereocenters. The van der Waals surface area contributed by atoms with Crippen LogP contribution in [-0.4, -0.2) is 14.4 Å². The van der Waals surface area contributed by atoms with Crippen LogP contribution in [0.1, 0.15) is 22.3 Å². The van der Waals surface area contributed by atoms with Crippen molar-refractivity contribution in [2.24, 2.45) is 0 Å². The van der Waals surface area contributed by atoms with E-state index < -0.39 is 5.41 Å². The molecule has 0 aliphatic heterocycles. The Hall–Kier alpha value is -5.54. The fourth-order valence-electron chi connectivity index (χ4n) is 7.12. The van der Waals surface area contributed by atoms with Crippen molar-refractivity contribution in [3.63, 3.8) is 0 Å². The topological polar surface area (TPSA) is 30.2 Å². The van der Waals surface area contributed by atoms with E-state index in [1.54, 1.807) is 0 Å². The molecule has 3 heteroatoms. The minimum absolute atomic E-state index is 0.429. The number of benzene rings is 5. The van der Waals surface area contributed by atoms with Gasteiger partial charge in [-0.1, -0.05) is 115 Å². The number of fused-ring (bicyclic) bond motifs is 8. The minimum atomic E-state index is -0.429. The summed E-state index contributed by atoms with van der Waals surface area (Å²) in [5.41, 5.74) is 13.3. The third-order valence-corrected chi connectivity index (χ3v) is 8.92. The fraction of sp³-hybridized carbons (Fsp3) is 0.0256. The van der Waals surface area contributed by atoms with Gasteiger partial charge < -0.3 is 0 Å². The van der Waals surface area contributed by atoms with E-state index in [0.29, 0.717) is 0 Å². The minimum Gasteiger partial charge on any atom is -0.291 e. The molecule has 0 spiro atoms. The summed E-state index contributed by atoms with van der Waals surface area (Å²) < 4.78 is 2.22. The zero-order valence-corrected chi connectivity index (χ0v) is 22.8. The van der Waals surface area contributed by atoms with E-state index in [-0.39, 0.29) is 0 Å². The summed E-state index contributed by atoms with van der Waals surface area (Å²) in [7, 11) is 0. The Labute approximate surface area is 243 Å². The number of pyridine rings is 2. The van der Waals surface area contributed by atoms with Crippen LogP contribution in [0.25, 0.3) is 50.0 Å². The largest absolute Gasteiger partial charge is 0.291 e. The van der Waals surface area contributed by atoms with E-state index >= 15 is 0 Å². The van der Waals surface area contributed by atoms with Crippen LogP contribution < -0.4 is 0 Å². The standard InChI is InChI=1S/C39H25N3/c1-3-12-29(13-4-1)39(30-14-5-2-6-15-30)33-17-9-8-16-31(33)32-21-19-27(23-34(32)39)28-24-36-38(40-25-28)41-37-22-20-26-11-7-10-18-35(26)42(36)37/h1-25H. The lowest BCUT2D eigenvalue weighted by atomic mass is 9.67. The lowest BCUT2D eigenvalue weighted by molar-refractivity contribution is 0.769. The van der Waals surface area contributed by atoms with E-state index in [1.165, 1.54) is 38.8 Å². The highest BCUT2D eigenvalue weighted by Gasteiger charge is 2.46. The van der Waals surface area contributed by atoms with Crippen LogP contribution in [0.4, 0.5) is 0 Å². The number of para-hydroxylation sites is 1. The van der Waals surface area contributed by atoms with Gasteiger partial charge in [0.15, 0.2) is 5.65 Å². The zero-order valence-electron chi connectivity index (χ0n) is 22.8. The Morgan fingerprint density at radius 3 is 2.00 bits per heavy atom. The van der Waals surface area contributed by atoms with Gasteiger partial charge >= 0.3 is 0 Å². The van der Waals surface area contributed by atoms with Gasteiger partial charge in [-0.05, 0) is 74.7 Å². The third-order valence-electron chi connectivity index (χ3n) is 8.92. The molecule has 0 amide bonds. The van der Waals surface area contributed by atoms with Crippen LogP contribution in [0, 0.1) is 0 Å². The van der Waals surface area contributed by atoms with Crippen molar-refractivity contribution >= 4 is 27.7 Å². The summed E-state index contributed by atoms with van der Waals surface area (Å²) >= 11 is 0. The molecule has 9 rings (SSSR count). The molecule has 3 nitrogen and oxygen atoms in total. The van der Waals surface area contributed by atoms with Crippen LogP contribution in [0.5, 0.6) is 0 Å². The average molecular weight is 536 g/mol. The summed E-state index contributed by atoms with van der Waals surface area (Å²) in [5.74, 6) is 0. The first-order valence-corrected chi connectivity index (χ1v) is 14.3. The number of rotatable bonds is 3. The molecule has 42 heavy (non-hydrogen) atoms. The van der Waals surface area contributed by atoms with Crippen LogP contribution in [0.15, 0.2) is 152 Å². The number of aromatic nitrogens is 3. The third kappa shape index (κ3) is 3.11. The molecule has 0 saturated carbocycles. The number of imidazole rings is 1. The summed E-state index contributed by atoms with van der Waals surface area (Å²) in [6.07, 6.45) is 1.97. The first kappa shape index (κ1) is 23.2. The second kappa shape index (κ2) is 8.73. The summed E-state index contributed by atoms with van der Waals surface area (Å²) in [6.45, 7) is 0. The molecule has 0 N–H and O–H groups in total. The lowest BCUT2D eigenvalue weighted by Gasteiger charge is -2.34. The molecular weight excluding hydrogens is 510 g/mol. The molecular formula is C39H25N3. The van der Waals surface area contributed by atoms with Gasteiger partial charge in [0.25, 0.3) is 0 Å². The van der Waals surface area contributed by atoms with E-state index in [0.717, 1.165) is 33.5 Å². The Morgan fingerprint density at radius 1 is 0.500 bits per heavy atom. The van der Waals surface area contributed by atoms with Crippen molar-refractivity contribution in [3.05, 3.63) is 174 Å². The van der Waals surface area contributed by atoms with Crippen molar-refractivity contribution in [2.75, 3.05) is 0 Å². The maximum atomic E-state index is 4.86. The van der Waals surface area contributed by atoms with Gasteiger partial charge in [-0.15, -0.1) is 0 Å². The fourth-order valence-corrected chi connectivity index (χ4v) is 7.12. The van der Waals surface area contributed by atoms with E-state index in [1.807, 2.05) is 6.20 Å². The molecule has 196 valence electrons. The molecule has 0 fully saturated rings. The quantitative estimate of drug-likeness (QED) is 0.226. The van der Waals surface area contributed by atoms with Crippen molar-refractivity contribution in [1.29, 1.82) is 0 Å². The molecule has 3 aromatic heterocycles. The number of hydrogen-bond acceptors (Lipinski definition) is 2. The monoisotopic (exact) mass is 535 g/mol. The van der Waals surface area contributed by atoms with E-state index in [2.05, 4.69) is 150 Å². The number of nitrogens with zero attached hydrogens (tertiary/aromatic N) is 3. The van der Waals surface area contributed by atoms with Crippen molar-refractivity contribution < 1.29 is 0 Å². The lowest BCUT2D eigenvalue weighted by Crippen LogP contribution is -2.28. The molecule has 0 radical (unpaired) electrons. The molecule has 0 saturated heterocycles. The molecule has 8 aromatic rings. The van der Waals surface area contributed by atoms with Gasteiger partial charge in [0.05, 0.1) is 16.4 Å². The summed E-state index contributed by atoms with van der Waals surface area (Å²) in [6, 6.07) is 52.6. The van der Waals surface area contributed by atoms with Gasteiger partial charge in [-0.2, -0.15) is 0 Å². The Balaban J connectivity index is 1.33. The SMILES string of the molecule is c1ccc(C2(c3ccccc3)c3ccccc3-c3ccc(-c4cnc5nc6ccc7ccccc7n6c5c4)cc32)cc1.